The molecule has 10 N–H and O–H groups in total. The van der Waals surface area contributed by atoms with Gasteiger partial charge in [0.2, 0.25) is 11.8 Å². The SMILES string of the molecule is C=C(CCCC)/S(=C/C(C)C)CCNC(=O)CCNC(=O)C(O)C(C)(C)COP(=O)(O)OP(=O)(O)OCC1OC(C)(n2cnc3c(N)ncnc32)C(O)C1OP(=O)(O)O. The van der Waals surface area contributed by atoms with Gasteiger partial charge in [-0.2, -0.15) is 14.8 Å². The van der Waals surface area contributed by atoms with E-state index in [1.165, 1.54) is 20.8 Å². The van der Waals surface area contributed by atoms with E-state index >= 15 is 0 Å². The number of imidazole rings is 1. The van der Waals surface area contributed by atoms with Crippen LogP contribution in [0.25, 0.3) is 11.2 Å². The van der Waals surface area contributed by atoms with E-state index in [1.54, 1.807) is 0 Å². The highest BCUT2D eigenvalue weighted by molar-refractivity contribution is 8.18. The van der Waals surface area contributed by atoms with E-state index < -0.39 is 78.1 Å². The van der Waals surface area contributed by atoms with Gasteiger partial charge in [0.25, 0.3) is 0 Å². The fourth-order valence-electron chi connectivity index (χ4n) is 5.70. The number of fused-ring (bicyclic) bond motifs is 1. The third-order valence-electron chi connectivity index (χ3n) is 8.82. The lowest BCUT2D eigenvalue weighted by Gasteiger charge is -2.30. The Labute approximate surface area is 343 Å². The number of amides is 2. The van der Waals surface area contributed by atoms with Crippen molar-refractivity contribution in [3.8, 4) is 0 Å². The first-order valence-corrected chi connectivity index (χ1v) is 24.3. The summed E-state index contributed by atoms with van der Waals surface area (Å²) in [5.74, 6) is -0.249. The fraction of sp³-hybridized carbons (Fsp3) is 0.688. The highest BCUT2D eigenvalue weighted by Gasteiger charge is 2.57. The van der Waals surface area contributed by atoms with Crippen LogP contribution in [-0.2, 0) is 51.6 Å². The molecule has 0 spiro atoms. The smallest absolute Gasteiger partial charge is 0.385 e. The van der Waals surface area contributed by atoms with Crippen molar-refractivity contribution in [2.24, 2.45) is 11.3 Å². The van der Waals surface area contributed by atoms with E-state index in [-0.39, 0.29) is 46.3 Å². The summed E-state index contributed by atoms with van der Waals surface area (Å²) in [7, 11) is -16.6. The zero-order chi connectivity index (χ0) is 44.6. The van der Waals surface area contributed by atoms with Crippen molar-refractivity contribution >= 4 is 68.1 Å². The Kier molecular flexibility index (Phi) is 18.1. The van der Waals surface area contributed by atoms with Crippen LogP contribution in [0.3, 0.4) is 0 Å². The summed E-state index contributed by atoms with van der Waals surface area (Å²) in [4.78, 5) is 77.8. The van der Waals surface area contributed by atoms with Crippen LogP contribution in [0.15, 0.2) is 24.1 Å². The Morgan fingerprint density at radius 1 is 1.10 bits per heavy atom. The molecule has 3 heterocycles. The molecule has 0 aromatic carbocycles. The molecule has 23 nitrogen and oxygen atoms in total. The summed E-state index contributed by atoms with van der Waals surface area (Å²) in [6, 6.07) is 0. The zero-order valence-electron chi connectivity index (χ0n) is 33.6. The van der Waals surface area contributed by atoms with Gasteiger partial charge in [-0.3, -0.25) is 27.7 Å². The number of phosphoric ester groups is 3. The molecular formula is C32H56N7O16P3S. The molecule has 8 atom stereocenters. The van der Waals surface area contributed by atoms with Crippen LogP contribution >= 0.6 is 34.0 Å². The van der Waals surface area contributed by atoms with Gasteiger partial charge in [0.15, 0.2) is 17.2 Å². The molecule has 1 saturated heterocycles. The molecule has 2 aromatic heterocycles. The number of ether oxygens (including phenoxy) is 1. The normalized spacial score (nSPS) is 23.2. The van der Waals surface area contributed by atoms with Gasteiger partial charge in [-0.25, -0.2) is 28.6 Å². The number of nitrogens with zero attached hydrogens (tertiary/aromatic N) is 4. The molecule has 2 aromatic rings. The highest BCUT2D eigenvalue weighted by atomic mass is 32.2. The number of aromatic nitrogens is 4. The van der Waals surface area contributed by atoms with E-state index in [4.69, 9.17) is 24.0 Å². The Bertz CT molecular complexity index is 1980. The van der Waals surface area contributed by atoms with Crippen LogP contribution < -0.4 is 16.4 Å². The number of hydrogen-bond acceptors (Lipinski definition) is 16. The lowest BCUT2D eigenvalue weighted by molar-refractivity contribution is -0.137. The molecular weight excluding hydrogens is 863 g/mol. The third kappa shape index (κ3) is 14.8. The number of aliphatic hydroxyl groups is 2. The van der Waals surface area contributed by atoms with E-state index in [0.717, 1.165) is 41.4 Å². The van der Waals surface area contributed by atoms with Gasteiger partial charge in [0.1, 0.15) is 36.3 Å². The summed E-state index contributed by atoms with van der Waals surface area (Å²) in [6.45, 7) is 12.6. The number of carbonyl (C=O) groups excluding carboxylic acids is 2. The third-order valence-corrected chi connectivity index (χ3v) is 14.4. The van der Waals surface area contributed by atoms with Crippen LogP contribution in [-0.4, -0.2) is 123 Å². The van der Waals surface area contributed by atoms with Crippen molar-refractivity contribution < 1.29 is 75.7 Å². The first-order chi connectivity index (χ1) is 27.2. The average Bonchev–Trinajstić information content (AvgIpc) is 3.67. The number of rotatable bonds is 24. The topological polar surface area (TPSA) is 347 Å². The first-order valence-electron chi connectivity index (χ1n) is 18.4. The Hall–Kier alpha value is -2.50. The predicted octanol–water partition coefficient (Wildman–Crippen LogP) is 2.01. The fourth-order valence-corrected chi connectivity index (χ4v) is 10.5. The van der Waals surface area contributed by atoms with Gasteiger partial charge in [0.05, 0.1) is 19.5 Å². The van der Waals surface area contributed by atoms with E-state index in [2.05, 4.69) is 62.6 Å². The van der Waals surface area contributed by atoms with Crippen LogP contribution in [0.1, 0.15) is 67.2 Å². The summed E-state index contributed by atoms with van der Waals surface area (Å²) in [5.41, 5.74) is 2.36. The van der Waals surface area contributed by atoms with Crippen LogP contribution in [0.2, 0.25) is 0 Å². The van der Waals surface area contributed by atoms with Crippen molar-refractivity contribution in [2.45, 2.75) is 97.4 Å². The molecule has 0 bridgehead atoms. The Morgan fingerprint density at radius 3 is 2.39 bits per heavy atom. The Morgan fingerprint density at radius 2 is 1.76 bits per heavy atom. The lowest BCUT2D eigenvalue weighted by Crippen LogP contribution is -2.46. The second-order valence-corrected chi connectivity index (χ2v) is 21.1. The van der Waals surface area contributed by atoms with Gasteiger partial charge in [-0.05, 0) is 30.6 Å². The number of allylic oxidation sites excluding steroid dienone is 1. The molecule has 336 valence electrons. The second-order valence-electron chi connectivity index (χ2n) is 14.8. The van der Waals surface area contributed by atoms with E-state index in [0.29, 0.717) is 18.2 Å². The van der Waals surface area contributed by atoms with Crippen molar-refractivity contribution in [3.63, 3.8) is 0 Å². The molecule has 0 radical (unpaired) electrons. The van der Waals surface area contributed by atoms with Crippen LogP contribution in [0, 0.1) is 11.3 Å². The minimum atomic E-state index is -5.58. The summed E-state index contributed by atoms with van der Waals surface area (Å²) < 4.78 is 63.0. The molecule has 1 fully saturated rings. The number of nitrogen functional groups attached to an aromatic ring is 1. The minimum Gasteiger partial charge on any atom is -0.385 e. The molecule has 3 rings (SSSR count). The molecule has 2 amide bonds. The predicted molar refractivity (Wildman–Crippen MR) is 216 cm³/mol. The largest absolute Gasteiger partial charge is 0.481 e. The maximum absolute atomic E-state index is 12.8. The maximum Gasteiger partial charge on any atom is 0.481 e. The highest BCUT2D eigenvalue weighted by Crippen LogP contribution is 2.61. The van der Waals surface area contributed by atoms with Crippen LogP contribution in [0.4, 0.5) is 5.82 Å². The van der Waals surface area contributed by atoms with Crippen molar-refractivity contribution in [2.75, 3.05) is 37.8 Å². The zero-order valence-corrected chi connectivity index (χ0v) is 37.1. The summed E-state index contributed by atoms with van der Waals surface area (Å²) in [6.07, 6.45) is -2.34. The van der Waals surface area contributed by atoms with Gasteiger partial charge in [-0.1, -0.05) is 53.0 Å². The molecule has 8 unspecified atom stereocenters. The molecule has 0 saturated carbocycles. The first kappa shape index (κ1) is 50.9. The van der Waals surface area contributed by atoms with Crippen molar-refractivity contribution in [1.82, 2.24) is 30.2 Å². The standard InChI is InChI=1S/C32H56N7O16P3S/c1-8-9-10-21(4)59(16-20(2)3)14-13-34-23(40)11-12-35-30(43)27(42)31(5,6)17-52-58(49,50)55-57(47,48)51-15-22-25(54-56(44,45)46)26(41)32(7,53-22)39-19-38-24-28(33)36-18-37-29(24)39/h16,18-20,22,25-27,41-42H,4,8-15,17H2,1-3,5-7H3,(H,34,40)(H,35,43)(H,47,48)(H,49,50)(H2,33,36,37)(H2,44,45,46). The molecule has 27 heteroatoms. The number of nitrogens with one attached hydrogen (secondary N) is 2. The number of hydrogen-bond donors (Lipinski definition) is 9. The van der Waals surface area contributed by atoms with E-state index in [9.17, 15) is 53.1 Å². The number of nitrogens with two attached hydrogens (primary N) is 1. The van der Waals surface area contributed by atoms with Gasteiger partial charge in [-0.15, -0.1) is 0 Å². The number of carbonyl (C=O) groups is 2. The maximum atomic E-state index is 12.8. The molecule has 1 aliphatic rings. The monoisotopic (exact) mass is 919 g/mol. The molecule has 1 aliphatic heterocycles. The number of aliphatic hydroxyl groups excluding tert-OH is 2. The van der Waals surface area contributed by atoms with Gasteiger partial charge in [0, 0.05) is 30.7 Å². The van der Waals surface area contributed by atoms with E-state index in [1.807, 2.05) is 0 Å². The minimum absolute atomic E-state index is 0.0268. The quantitative estimate of drug-likeness (QED) is 0.0537. The molecule has 0 aliphatic carbocycles. The van der Waals surface area contributed by atoms with Crippen molar-refractivity contribution in [3.05, 3.63) is 24.1 Å². The van der Waals surface area contributed by atoms with Crippen LogP contribution in [0.5, 0.6) is 0 Å². The summed E-state index contributed by atoms with van der Waals surface area (Å²) >= 11 is 0. The van der Waals surface area contributed by atoms with Crippen molar-refractivity contribution in [1.29, 1.82) is 0 Å². The second kappa shape index (κ2) is 21.0. The lowest BCUT2D eigenvalue weighted by atomic mass is 9.87. The van der Waals surface area contributed by atoms with Gasteiger partial charge >= 0.3 is 23.5 Å². The number of anilines is 1. The number of phosphoric acid groups is 3. The Balaban J connectivity index is 1.53. The van der Waals surface area contributed by atoms with Gasteiger partial charge < -0.3 is 50.9 Å². The molecule has 59 heavy (non-hydrogen) atoms. The average molecular weight is 920 g/mol. The number of unbranched alkanes of at least 4 members (excludes halogenated alkanes) is 1. The summed E-state index contributed by atoms with van der Waals surface area (Å²) in [5, 5.41) is 29.3.